The average molecular weight is 399 g/mol. The van der Waals surface area contributed by atoms with Crippen LogP contribution < -0.4 is 0 Å². The van der Waals surface area contributed by atoms with Crippen LogP contribution in [0.1, 0.15) is 56.3 Å². The zero-order valence-electron chi connectivity index (χ0n) is 16.3. The van der Waals surface area contributed by atoms with Gasteiger partial charge in [-0.25, -0.2) is 0 Å². The molecule has 2 unspecified atom stereocenters. The molecule has 0 aromatic carbocycles. The Morgan fingerprint density at radius 1 is 1.46 bits per heavy atom. The van der Waals surface area contributed by atoms with E-state index in [1.807, 2.05) is 35.5 Å². The maximum absolute atomic E-state index is 13.3. The predicted octanol–water partition coefficient (Wildman–Crippen LogP) is 4.02. The van der Waals surface area contributed by atoms with E-state index in [1.165, 1.54) is 0 Å². The van der Waals surface area contributed by atoms with E-state index < -0.39 is 5.60 Å². The van der Waals surface area contributed by atoms with Crippen LogP contribution in [0.3, 0.4) is 0 Å². The highest BCUT2D eigenvalue weighted by molar-refractivity contribution is 7.13. The largest absolute Gasteiger partial charge is 0.383 e. The lowest BCUT2D eigenvalue weighted by Crippen LogP contribution is -2.53. The first-order valence-electron chi connectivity index (χ1n) is 9.87. The van der Waals surface area contributed by atoms with Crippen LogP contribution in [-0.2, 0) is 0 Å². The molecular weight excluding hydrogens is 372 g/mol. The molecule has 2 aromatic rings. The number of hydrogen-bond acceptors (Lipinski definition) is 5. The lowest BCUT2D eigenvalue weighted by atomic mass is 9.82. The van der Waals surface area contributed by atoms with Crippen LogP contribution in [0.15, 0.2) is 40.6 Å². The van der Waals surface area contributed by atoms with Crippen molar-refractivity contribution in [1.29, 1.82) is 0 Å². The van der Waals surface area contributed by atoms with Crippen LogP contribution in [0.25, 0.3) is 10.4 Å². The molecule has 0 radical (unpaired) electrons. The molecule has 0 aliphatic carbocycles. The molecule has 2 aromatic heterocycles. The zero-order chi connectivity index (χ0) is 19.7. The number of amides is 1. The van der Waals surface area contributed by atoms with Gasteiger partial charge in [0.2, 0.25) is 0 Å². The quantitative estimate of drug-likeness (QED) is 0.747. The van der Waals surface area contributed by atoms with Crippen molar-refractivity contribution in [2.24, 2.45) is 4.99 Å². The number of piperidine rings is 1. The van der Waals surface area contributed by atoms with E-state index in [4.69, 9.17) is 0 Å². The van der Waals surface area contributed by atoms with Crippen molar-refractivity contribution in [3.05, 3.63) is 41.2 Å². The Morgan fingerprint density at radius 2 is 2.21 bits per heavy atom. The SMILES string of the molecule is CC=NC(=CCC)C1(O)CC2CCC(C1)N2C(=O)c1csc(-c2cn[nH]c2)c1. The van der Waals surface area contributed by atoms with Crippen molar-refractivity contribution in [2.75, 3.05) is 0 Å². The van der Waals surface area contributed by atoms with Gasteiger partial charge in [-0.2, -0.15) is 5.10 Å². The van der Waals surface area contributed by atoms with Gasteiger partial charge in [-0.15, -0.1) is 11.3 Å². The van der Waals surface area contributed by atoms with Crippen molar-refractivity contribution in [2.45, 2.75) is 63.6 Å². The fourth-order valence-corrected chi connectivity index (χ4v) is 5.46. The fraction of sp³-hybridized carbons (Fsp3) is 0.476. The number of nitrogens with one attached hydrogen (secondary N) is 1. The highest BCUT2D eigenvalue weighted by Crippen LogP contribution is 2.45. The van der Waals surface area contributed by atoms with Crippen LogP contribution in [-0.4, -0.2) is 50.0 Å². The molecule has 2 fully saturated rings. The molecule has 6 nitrogen and oxygen atoms in total. The first-order valence-corrected chi connectivity index (χ1v) is 10.8. The number of aromatic amines is 1. The van der Waals surface area contributed by atoms with Gasteiger partial charge in [-0.05, 0) is 32.3 Å². The van der Waals surface area contributed by atoms with E-state index in [-0.39, 0.29) is 18.0 Å². The summed E-state index contributed by atoms with van der Waals surface area (Å²) in [5.41, 5.74) is 1.52. The van der Waals surface area contributed by atoms with Crippen molar-refractivity contribution in [3.63, 3.8) is 0 Å². The molecule has 0 saturated carbocycles. The average Bonchev–Trinajstić information content (AvgIpc) is 3.40. The van der Waals surface area contributed by atoms with Crippen LogP contribution in [0.4, 0.5) is 0 Å². The first kappa shape index (κ1) is 19.1. The van der Waals surface area contributed by atoms with Crippen LogP contribution in [0.5, 0.6) is 0 Å². The van der Waals surface area contributed by atoms with Gasteiger partial charge in [0.25, 0.3) is 5.91 Å². The van der Waals surface area contributed by atoms with Gasteiger partial charge >= 0.3 is 0 Å². The second-order valence-electron chi connectivity index (χ2n) is 7.61. The van der Waals surface area contributed by atoms with Gasteiger partial charge in [0, 0.05) is 53.2 Å². The Morgan fingerprint density at radius 3 is 2.82 bits per heavy atom. The maximum atomic E-state index is 13.3. The van der Waals surface area contributed by atoms with Crippen molar-refractivity contribution in [3.8, 4) is 10.4 Å². The molecule has 2 aliphatic rings. The molecule has 2 saturated heterocycles. The smallest absolute Gasteiger partial charge is 0.255 e. The molecular formula is C21H26N4O2S. The van der Waals surface area contributed by atoms with Crippen LogP contribution >= 0.6 is 11.3 Å². The number of aromatic nitrogens is 2. The number of rotatable bonds is 5. The van der Waals surface area contributed by atoms with E-state index in [0.29, 0.717) is 12.8 Å². The van der Waals surface area contributed by atoms with E-state index in [9.17, 15) is 9.90 Å². The Hall–Kier alpha value is -2.25. The zero-order valence-corrected chi connectivity index (χ0v) is 17.1. The summed E-state index contributed by atoms with van der Waals surface area (Å²) in [6, 6.07) is 2.06. The molecule has 148 valence electrons. The molecule has 2 N–H and O–H groups in total. The summed E-state index contributed by atoms with van der Waals surface area (Å²) in [6.07, 6.45) is 11.2. The standard InChI is InChI=1S/C21H26N4O2S/c1-3-5-19(22-4-2)21(27)9-16-6-7-17(10-21)25(16)20(26)14-8-18(28-13-14)15-11-23-24-12-15/h4-5,8,11-13,16-17,27H,3,6-7,9-10H2,1-2H3,(H,23,24). The Labute approximate surface area is 169 Å². The first-order chi connectivity index (χ1) is 13.6. The number of aliphatic imine (C=N–C) groups is 1. The van der Waals surface area contributed by atoms with E-state index in [0.717, 1.165) is 41.0 Å². The van der Waals surface area contributed by atoms with Crippen molar-refractivity contribution >= 4 is 23.5 Å². The molecule has 4 heterocycles. The summed E-state index contributed by atoms with van der Waals surface area (Å²) in [6.45, 7) is 3.92. The molecule has 4 rings (SSSR count). The second kappa shape index (κ2) is 7.64. The Kier molecular flexibility index (Phi) is 5.21. The number of allylic oxidation sites excluding steroid dienone is 1. The third-order valence-corrected chi connectivity index (χ3v) is 6.75. The molecule has 28 heavy (non-hydrogen) atoms. The number of fused-ring (bicyclic) bond motifs is 2. The summed E-state index contributed by atoms with van der Waals surface area (Å²) in [5.74, 6) is 0.0700. The van der Waals surface area contributed by atoms with E-state index in [2.05, 4.69) is 22.1 Å². The monoisotopic (exact) mass is 398 g/mol. The minimum atomic E-state index is -0.943. The van der Waals surface area contributed by atoms with Crippen molar-refractivity contribution < 1.29 is 9.90 Å². The number of nitrogens with zero attached hydrogens (tertiary/aromatic N) is 3. The fourth-order valence-electron chi connectivity index (χ4n) is 4.60. The maximum Gasteiger partial charge on any atom is 0.255 e. The van der Waals surface area contributed by atoms with Crippen LogP contribution in [0.2, 0.25) is 0 Å². The summed E-state index contributed by atoms with van der Waals surface area (Å²) in [7, 11) is 0. The topological polar surface area (TPSA) is 81.6 Å². The Balaban J connectivity index is 1.55. The summed E-state index contributed by atoms with van der Waals surface area (Å²) in [5, 5.41) is 20.1. The van der Waals surface area contributed by atoms with Crippen LogP contribution in [0, 0.1) is 0 Å². The summed E-state index contributed by atoms with van der Waals surface area (Å²) < 4.78 is 0. The van der Waals surface area contributed by atoms with E-state index in [1.54, 1.807) is 23.7 Å². The van der Waals surface area contributed by atoms with Crippen molar-refractivity contribution in [1.82, 2.24) is 15.1 Å². The summed E-state index contributed by atoms with van der Waals surface area (Å²) >= 11 is 1.56. The van der Waals surface area contributed by atoms with Gasteiger partial charge in [0.05, 0.1) is 17.5 Å². The van der Waals surface area contributed by atoms with Gasteiger partial charge in [-0.1, -0.05) is 13.0 Å². The molecule has 2 aliphatic heterocycles. The number of carbonyl (C=O) groups is 1. The second-order valence-corrected chi connectivity index (χ2v) is 8.52. The third-order valence-electron chi connectivity index (χ3n) is 5.77. The normalized spacial score (nSPS) is 27.7. The summed E-state index contributed by atoms with van der Waals surface area (Å²) in [4.78, 5) is 20.7. The lowest BCUT2D eigenvalue weighted by molar-refractivity contribution is -0.0190. The van der Waals surface area contributed by atoms with E-state index >= 15 is 0 Å². The molecule has 0 spiro atoms. The number of hydrogen-bond donors (Lipinski definition) is 2. The molecule has 2 atom stereocenters. The lowest BCUT2D eigenvalue weighted by Gasteiger charge is -2.44. The number of thiophene rings is 1. The van der Waals surface area contributed by atoms with Gasteiger partial charge < -0.3 is 10.0 Å². The third kappa shape index (κ3) is 3.33. The van der Waals surface area contributed by atoms with Gasteiger partial charge in [0.15, 0.2) is 0 Å². The highest BCUT2D eigenvalue weighted by atomic mass is 32.1. The number of H-pyrrole nitrogens is 1. The Bertz CT molecular complexity index is 885. The minimum absolute atomic E-state index is 0.0563. The molecule has 1 amide bonds. The minimum Gasteiger partial charge on any atom is -0.383 e. The molecule has 7 heteroatoms. The van der Waals surface area contributed by atoms with Gasteiger partial charge in [-0.3, -0.25) is 14.9 Å². The van der Waals surface area contributed by atoms with Gasteiger partial charge in [0.1, 0.15) is 5.60 Å². The number of aliphatic hydroxyl groups is 1. The highest BCUT2D eigenvalue weighted by Gasteiger charge is 2.51. The number of carbonyl (C=O) groups excluding carboxylic acids is 1. The molecule has 2 bridgehead atoms. The predicted molar refractivity (Wildman–Crippen MR) is 112 cm³/mol.